The standard InChI is InChI=1S/C20H22ClF4N3O5/c1-18(2,3)31-16(29)28(17(30)32-19(4,5)6)9-10-7-13(23)11(8-12(10)22)14-26-15(33-27-14)20(21,24)25/h7-8H,9H2,1-6H3. The van der Waals surface area contributed by atoms with E-state index in [1.54, 1.807) is 41.5 Å². The van der Waals surface area contributed by atoms with Gasteiger partial charge in [0, 0.05) is 5.56 Å². The third-order valence-corrected chi connectivity index (χ3v) is 3.76. The average Bonchev–Trinajstić information content (AvgIpc) is 3.09. The number of hydrogen-bond donors (Lipinski definition) is 0. The van der Waals surface area contributed by atoms with Crippen molar-refractivity contribution in [2.75, 3.05) is 0 Å². The van der Waals surface area contributed by atoms with E-state index in [-0.39, 0.29) is 0 Å². The number of carbonyl (C=O) groups excluding carboxylic acids is 2. The van der Waals surface area contributed by atoms with Crippen molar-refractivity contribution in [3.63, 3.8) is 0 Å². The van der Waals surface area contributed by atoms with Gasteiger partial charge in [0.25, 0.3) is 0 Å². The Morgan fingerprint density at radius 2 is 1.52 bits per heavy atom. The first-order valence-electron chi connectivity index (χ1n) is 9.50. The molecule has 1 aromatic heterocycles. The summed E-state index contributed by atoms with van der Waals surface area (Å²) in [5.74, 6) is -4.20. The maximum absolute atomic E-state index is 14.8. The van der Waals surface area contributed by atoms with Crippen LogP contribution in [0.15, 0.2) is 16.7 Å². The van der Waals surface area contributed by atoms with Crippen LogP contribution in [0.4, 0.5) is 27.2 Å². The van der Waals surface area contributed by atoms with E-state index in [1.165, 1.54) is 0 Å². The molecule has 8 nitrogen and oxygen atoms in total. The molecular formula is C20H22ClF4N3O5. The van der Waals surface area contributed by atoms with Crippen molar-refractivity contribution in [2.45, 2.75) is 64.7 Å². The number of alkyl halides is 3. The number of halogens is 5. The van der Waals surface area contributed by atoms with Gasteiger partial charge in [-0.1, -0.05) is 5.16 Å². The highest BCUT2D eigenvalue weighted by molar-refractivity contribution is 6.21. The van der Waals surface area contributed by atoms with E-state index in [1.807, 2.05) is 0 Å². The second-order valence-corrected chi connectivity index (χ2v) is 9.37. The van der Waals surface area contributed by atoms with E-state index in [9.17, 15) is 27.2 Å². The fourth-order valence-electron chi connectivity index (χ4n) is 2.34. The highest BCUT2D eigenvalue weighted by Crippen LogP contribution is 2.33. The number of nitrogens with zero attached hydrogens (tertiary/aromatic N) is 3. The number of ether oxygens (including phenoxy) is 2. The molecule has 0 radical (unpaired) electrons. The first-order valence-corrected chi connectivity index (χ1v) is 9.88. The topological polar surface area (TPSA) is 94.8 Å². The predicted octanol–water partition coefficient (Wildman–Crippen LogP) is 5.98. The second-order valence-electron chi connectivity index (χ2n) is 8.89. The molecule has 0 aliphatic heterocycles. The molecule has 2 amide bonds. The summed E-state index contributed by atoms with van der Waals surface area (Å²) in [6.45, 7) is 8.57. The smallest absolute Gasteiger partial charge is 0.420 e. The molecule has 0 saturated carbocycles. The lowest BCUT2D eigenvalue weighted by molar-refractivity contribution is -0.000428. The van der Waals surface area contributed by atoms with Crippen molar-refractivity contribution < 1.29 is 41.1 Å². The lowest BCUT2D eigenvalue weighted by Gasteiger charge is -2.28. The van der Waals surface area contributed by atoms with Gasteiger partial charge in [0.1, 0.15) is 22.8 Å². The summed E-state index contributed by atoms with van der Waals surface area (Å²) in [4.78, 5) is 28.8. The number of rotatable bonds is 4. The molecule has 0 aliphatic carbocycles. The van der Waals surface area contributed by atoms with Crippen molar-refractivity contribution in [3.8, 4) is 11.4 Å². The van der Waals surface area contributed by atoms with Crippen molar-refractivity contribution in [1.29, 1.82) is 0 Å². The number of amides is 2. The molecule has 182 valence electrons. The van der Waals surface area contributed by atoms with Crippen LogP contribution in [0.5, 0.6) is 0 Å². The molecule has 33 heavy (non-hydrogen) atoms. The van der Waals surface area contributed by atoms with E-state index >= 15 is 0 Å². The minimum Gasteiger partial charge on any atom is -0.443 e. The number of benzene rings is 1. The number of imide groups is 1. The van der Waals surface area contributed by atoms with Crippen LogP contribution in [-0.2, 0) is 21.4 Å². The van der Waals surface area contributed by atoms with Gasteiger partial charge in [0.15, 0.2) is 0 Å². The fourth-order valence-corrected chi connectivity index (χ4v) is 2.41. The third-order valence-electron chi connectivity index (χ3n) is 3.60. The lowest BCUT2D eigenvalue weighted by atomic mass is 10.1. The number of aromatic nitrogens is 2. The Bertz CT molecular complexity index is 1010. The Hall–Kier alpha value is -2.89. The van der Waals surface area contributed by atoms with E-state index in [4.69, 9.17) is 21.1 Å². The van der Waals surface area contributed by atoms with Crippen LogP contribution in [0.1, 0.15) is 53.0 Å². The van der Waals surface area contributed by atoms with Gasteiger partial charge >= 0.3 is 23.5 Å². The van der Waals surface area contributed by atoms with Crippen molar-refractivity contribution in [2.24, 2.45) is 0 Å². The number of carbonyl (C=O) groups is 2. The highest BCUT2D eigenvalue weighted by atomic mass is 35.5. The van der Waals surface area contributed by atoms with Gasteiger partial charge in [0.05, 0.1) is 12.1 Å². The fraction of sp³-hybridized carbons (Fsp3) is 0.500. The number of hydrogen-bond acceptors (Lipinski definition) is 7. The zero-order valence-corrected chi connectivity index (χ0v) is 19.4. The molecule has 1 aromatic carbocycles. The summed E-state index contributed by atoms with van der Waals surface area (Å²) in [7, 11) is 0. The van der Waals surface area contributed by atoms with Crippen LogP contribution in [0.25, 0.3) is 11.4 Å². The molecule has 13 heteroatoms. The highest BCUT2D eigenvalue weighted by Gasteiger charge is 2.36. The first kappa shape index (κ1) is 26.4. The maximum Gasteiger partial charge on any atom is 0.420 e. The SMILES string of the molecule is CC(C)(C)OC(=O)N(Cc1cc(F)c(-c2noc(C(F)(F)Cl)n2)cc1F)C(=O)OC(C)(C)C. The Balaban J connectivity index is 2.40. The molecule has 0 spiro atoms. The molecule has 0 unspecified atom stereocenters. The zero-order valence-electron chi connectivity index (χ0n) is 18.6. The summed E-state index contributed by atoms with van der Waals surface area (Å²) in [5.41, 5.74) is -3.02. The minimum absolute atomic E-state index is 0.431. The van der Waals surface area contributed by atoms with Gasteiger partial charge in [-0.3, -0.25) is 0 Å². The Kier molecular flexibility index (Phi) is 7.32. The van der Waals surface area contributed by atoms with Gasteiger partial charge in [0.2, 0.25) is 5.82 Å². The normalized spacial score (nSPS) is 12.5. The molecule has 0 fully saturated rings. The third kappa shape index (κ3) is 7.31. The van der Waals surface area contributed by atoms with Crippen molar-refractivity contribution in [3.05, 3.63) is 35.2 Å². The Morgan fingerprint density at radius 1 is 1.00 bits per heavy atom. The molecule has 2 rings (SSSR count). The van der Waals surface area contributed by atoms with E-state index in [2.05, 4.69) is 14.7 Å². The maximum atomic E-state index is 14.8. The molecular weight excluding hydrogens is 474 g/mol. The summed E-state index contributed by atoms with van der Waals surface area (Å²) < 4.78 is 70.1. The minimum atomic E-state index is -4.00. The summed E-state index contributed by atoms with van der Waals surface area (Å²) in [6.07, 6.45) is -2.29. The molecule has 0 N–H and O–H groups in total. The van der Waals surface area contributed by atoms with Crippen LogP contribution in [0.3, 0.4) is 0 Å². The van der Waals surface area contributed by atoms with E-state index in [0.717, 1.165) is 0 Å². The largest absolute Gasteiger partial charge is 0.443 e. The Labute approximate surface area is 191 Å². The molecule has 2 aromatic rings. The van der Waals surface area contributed by atoms with Gasteiger partial charge in [-0.2, -0.15) is 13.8 Å². The molecule has 0 atom stereocenters. The van der Waals surface area contributed by atoms with Crippen LogP contribution in [-0.4, -0.2) is 38.4 Å². The summed E-state index contributed by atoms with van der Waals surface area (Å²) in [5, 5.41) is -0.832. The summed E-state index contributed by atoms with van der Waals surface area (Å²) >= 11 is 4.77. The van der Waals surface area contributed by atoms with E-state index in [0.29, 0.717) is 17.0 Å². The van der Waals surface area contributed by atoms with Crippen LogP contribution >= 0.6 is 11.6 Å². The molecule has 1 heterocycles. The lowest BCUT2D eigenvalue weighted by Crippen LogP contribution is -2.43. The average molecular weight is 496 g/mol. The molecule has 0 aliphatic rings. The Morgan fingerprint density at radius 3 is 1.94 bits per heavy atom. The second kappa shape index (κ2) is 9.16. The quantitative estimate of drug-likeness (QED) is 0.380. The van der Waals surface area contributed by atoms with Gasteiger partial charge in [-0.15, -0.1) is 0 Å². The monoisotopic (exact) mass is 495 g/mol. The van der Waals surface area contributed by atoms with Crippen LogP contribution in [0, 0.1) is 11.6 Å². The van der Waals surface area contributed by atoms with Crippen molar-refractivity contribution >= 4 is 23.8 Å². The first-order chi connectivity index (χ1) is 14.9. The van der Waals surface area contributed by atoms with E-state index < -0.39 is 69.8 Å². The zero-order chi connectivity index (χ0) is 25.4. The predicted molar refractivity (Wildman–Crippen MR) is 107 cm³/mol. The van der Waals surface area contributed by atoms with Crippen LogP contribution in [0.2, 0.25) is 0 Å². The molecule has 0 bridgehead atoms. The van der Waals surface area contributed by atoms with Crippen molar-refractivity contribution in [1.82, 2.24) is 15.0 Å². The van der Waals surface area contributed by atoms with Gasteiger partial charge in [-0.25, -0.2) is 23.3 Å². The summed E-state index contributed by atoms with van der Waals surface area (Å²) in [6, 6.07) is 1.26. The van der Waals surface area contributed by atoms with Gasteiger partial charge in [-0.05, 0) is 65.3 Å². The van der Waals surface area contributed by atoms with Crippen LogP contribution < -0.4 is 0 Å². The van der Waals surface area contributed by atoms with Gasteiger partial charge < -0.3 is 14.0 Å². The molecule has 0 saturated heterocycles.